The third-order valence-corrected chi connectivity index (χ3v) is 4.56. The Balaban J connectivity index is 2.41. The zero-order chi connectivity index (χ0) is 15.5. The van der Waals surface area contributed by atoms with Gasteiger partial charge < -0.3 is 10.2 Å². The third-order valence-electron chi connectivity index (χ3n) is 3.24. The molecule has 1 aliphatic rings. The van der Waals surface area contributed by atoms with E-state index < -0.39 is 23.1 Å². The van der Waals surface area contributed by atoms with Crippen molar-refractivity contribution in [3.8, 4) is 11.5 Å². The number of halogens is 3. The fourth-order valence-corrected chi connectivity index (χ4v) is 3.01. The summed E-state index contributed by atoms with van der Waals surface area (Å²) >= 11 is 14.8. The van der Waals surface area contributed by atoms with E-state index in [0.717, 1.165) is 6.07 Å². The summed E-state index contributed by atoms with van der Waals surface area (Å²) in [7, 11) is 0. The highest BCUT2D eigenvalue weighted by molar-refractivity contribution is 9.10. The Morgan fingerprint density at radius 2 is 1.33 bits per heavy atom. The highest BCUT2D eigenvalue weighted by Gasteiger charge is 2.36. The van der Waals surface area contributed by atoms with E-state index in [-0.39, 0.29) is 36.8 Å². The number of benzene rings is 2. The lowest BCUT2D eigenvalue weighted by Crippen LogP contribution is -2.21. The highest BCUT2D eigenvalue weighted by atomic mass is 79.9. The second-order valence-electron chi connectivity index (χ2n) is 4.45. The molecule has 0 atom stereocenters. The molecule has 0 amide bonds. The van der Waals surface area contributed by atoms with Crippen LogP contribution in [0.5, 0.6) is 11.5 Å². The molecule has 7 heteroatoms. The molecule has 2 aromatic rings. The molecule has 0 spiro atoms. The van der Waals surface area contributed by atoms with E-state index in [4.69, 9.17) is 23.2 Å². The number of hydrogen-bond donors (Lipinski definition) is 2. The van der Waals surface area contributed by atoms with Crippen molar-refractivity contribution >= 4 is 50.7 Å². The maximum absolute atomic E-state index is 12.5. The van der Waals surface area contributed by atoms with Crippen LogP contribution in [0.3, 0.4) is 0 Å². The van der Waals surface area contributed by atoms with Crippen molar-refractivity contribution in [1.29, 1.82) is 0 Å². The number of phenols is 2. The summed E-state index contributed by atoms with van der Waals surface area (Å²) in [6, 6.07) is 3.71. The summed E-state index contributed by atoms with van der Waals surface area (Å²) in [5.41, 5.74) is -0.419. The van der Waals surface area contributed by atoms with Crippen molar-refractivity contribution in [2.45, 2.75) is 0 Å². The zero-order valence-electron chi connectivity index (χ0n) is 10.1. The topological polar surface area (TPSA) is 74.6 Å². The summed E-state index contributed by atoms with van der Waals surface area (Å²) < 4.78 is 0.114. The van der Waals surface area contributed by atoms with Gasteiger partial charge in [-0.15, -0.1) is 0 Å². The van der Waals surface area contributed by atoms with Gasteiger partial charge in [0.15, 0.2) is 11.6 Å². The predicted octanol–water partition coefficient (Wildman–Crippen LogP) is 3.94. The Hall–Kier alpha value is -1.56. The lowest BCUT2D eigenvalue weighted by atomic mass is 9.83. The van der Waals surface area contributed by atoms with Gasteiger partial charge in [0.25, 0.3) is 0 Å². The maximum Gasteiger partial charge on any atom is 0.198 e. The van der Waals surface area contributed by atoms with Gasteiger partial charge in [-0.25, -0.2) is 0 Å². The van der Waals surface area contributed by atoms with Gasteiger partial charge in [-0.05, 0) is 34.1 Å². The van der Waals surface area contributed by atoms with Gasteiger partial charge in [-0.1, -0.05) is 23.2 Å². The summed E-state index contributed by atoms with van der Waals surface area (Å²) in [5.74, 6) is -2.01. The van der Waals surface area contributed by atoms with Crippen LogP contribution < -0.4 is 0 Å². The first-order valence-corrected chi connectivity index (χ1v) is 7.20. The van der Waals surface area contributed by atoms with E-state index in [1.807, 2.05) is 0 Å². The number of carbonyl (C=O) groups is 2. The number of fused-ring (bicyclic) bond motifs is 2. The van der Waals surface area contributed by atoms with E-state index in [9.17, 15) is 19.8 Å². The first kappa shape index (κ1) is 14.4. The second-order valence-corrected chi connectivity index (χ2v) is 6.12. The molecule has 0 bridgehead atoms. The summed E-state index contributed by atoms with van der Waals surface area (Å²) in [6.07, 6.45) is 0. The van der Waals surface area contributed by atoms with Crippen LogP contribution in [0.15, 0.2) is 22.7 Å². The lowest BCUT2D eigenvalue weighted by Gasteiger charge is -2.20. The van der Waals surface area contributed by atoms with Gasteiger partial charge >= 0.3 is 0 Å². The molecule has 21 heavy (non-hydrogen) atoms. The fourth-order valence-electron chi connectivity index (χ4n) is 2.27. The lowest BCUT2D eigenvalue weighted by molar-refractivity contribution is 0.0974. The molecule has 0 unspecified atom stereocenters. The molecule has 0 saturated heterocycles. The van der Waals surface area contributed by atoms with Gasteiger partial charge in [0.2, 0.25) is 0 Å². The largest absolute Gasteiger partial charge is 0.507 e. The van der Waals surface area contributed by atoms with Gasteiger partial charge in [0.05, 0.1) is 25.6 Å². The van der Waals surface area contributed by atoms with E-state index in [1.54, 1.807) is 0 Å². The molecule has 0 radical (unpaired) electrons. The Morgan fingerprint density at radius 1 is 0.857 bits per heavy atom. The molecule has 0 fully saturated rings. The Bertz CT molecular complexity index is 846. The molecule has 2 aromatic carbocycles. The molecule has 106 valence electrons. The SMILES string of the molecule is O=C1c2cc(Cl)c(Cl)cc2C(=O)c2c(O)c(Br)cc(O)c21. The average Bonchev–Trinajstić information content (AvgIpc) is 2.42. The fraction of sp³-hybridized carbons (Fsp3) is 0. The first-order valence-electron chi connectivity index (χ1n) is 5.65. The summed E-state index contributed by atoms with van der Waals surface area (Å²) in [4.78, 5) is 25.0. The van der Waals surface area contributed by atoms with Crippen LogP contribution in [0.4, 0.5) is 0 Å². The Kier molecular flexibility index (Phi) is 3.24. The second kappa shape index (κ2) is 4.73. The van der Waals surface area contributed by atoms with Crippen LogP contribution in [0.2, 0.25) is 10.0 Å². The number of rotatable bonds is 0. The van der Waals surface area contributed by atoms with Gasteiger partial charge in [0.1, 0.15) is 11.5 Å². The van der Waals surface area contributed by atoms with Crippen LogP contribution in [0.1, 0.15) is 31.8 Å². The monoisotopic (exact) mass is 386 g/mol. The van der Waals surface area contributed by atoms with Crippen LogP contribution in [-0.2, 0) is 0 Å². The number of hydrogen-bond acceptors (Lipinski definition) is 4. The van der Waals surface area contributed by atoms with Crippen molar-refractivity contribution in [3.05, 3.63) is 55.0 Å². The third kappa shape index (κ3) is 1.96. The summed E-state index contributed by atoms with van der Waals surface area (Å²) in [5, 5.41) is 20.2. The van der Waals surface area contributed by atoms with E-state index in [0.29, 0.717) is 0 Å². The Morgan fingerprint density at radius 3 is 1.86 bits per heavy atom. The van der Waals surface area contributed by atoms with E-state index in [1.165, 1.54) is 12.1 Å². The highest BCUT2D eigenvalue weighted by Crippen LogP contribution is 2.43. The molecule has 2 N–H and O–H groups in total. The molecular formula is C14H5BrCl2O4. The van der Waals surface area contributed by atoms with Crippen molar-refractivity contribution < 1.29 is 19.8 Å². The van der Waals surface area contributed by atoms with Crippen LogP contribution in [0, 0.1) is 0 Å². The first-order chi connectivity index (χ1) is 9.82. The Labute approximate surface area is 137 Å². The van der Waals surface area contributed by atoms with Gasteiger partial charge in [-0.3, -0.25) is 9.59 Å². The normalized spacial score (nSPS) is 13.1. The quantitative estimate of drug-likeness (QED) is 0.573. The van der Waals surface area contributed by atoms with Crippen LogP contribution >= 0.6 is 39.1 Å². The molecule has 3 rings (SSSR count). The van der Waals surface area contributed by atoms with Crippen molar-refractivity contribution in [2.24, 2.45) is 0 Å². The number of ketones is 2. The average molecular weight is 388 g/mol. The maximum atomic E-state index is 12.5. The number of phenolic OH excluding ortho intramolecular Hbond substituents is 2. The minimum Gasteiger partial charge on any atom is -0.507 e. The molecule has 0 aliphatic heterocycles. The van der Waals surface area contributed by atoms with Crippen molar-refractivity contribution in [3.63, 3.8) is 0 Å². The zero-order valence-corrected chi connectivity index (χ0v) is 13.2. The molecule has 1 aliphatic carbocycles. The number of carbonyl (C=O) groups excluding carboxylic acids is 2. The molecule has 0 saturated carbocycles. The minimum absolute atomic E-state index is 0.0368. The molecule has 0 heterocycles. The van der Waals surface area contributed by atoms with Gasteiger partial charge in [0, 0.05) is 11.1 Å². The van der Waals surface area contributed by atoms with Crippen LogP contribution in [-0.4, -0.2) is 21.8 Å². The van der Waals surface area contributed by atoms with E-state index in [2.05, 4.69) is 15.9 Å². The van der Waals surface area contributed by atoms with Crippen molar-refractivity contribution in [2.75, 3.05) is 0 Å². The van der Waals surface area contributed by atoms with E-state index >= 15 is 0 Å². The minimum atomic E-state index is -0.604. The van der Waals surface area contributed by atoms with Crippen LogP contribution in [0.25, 0.3) is 0 Å². The number of aromatic hydroxyl groups is 2. The smallest absolute Gasteiger partial charge is 0.198 e. The standard InChI is InChI=1S/C14H5BrCl2O4/c15-6-3-9(18)10-11(14(6)21)13(20)5-2-8(17)7(16)1-4(5)12(10)19/h1-3,18,21H. The van der Waals surface area contributed by atoms with Gasteiger partial charge in [-0.2, -0.15) is 0 Å². The summed E-state index contributed by atoms with van der Waals surface area (Å²) in [6.45, 7) is 0. The van der Waals surface area contributed by atoms with Crippen molar-refractivity contribution in [1.82, 2.24) is 0 Å². The molecule has 0 aromatic heterocycles. The molecular weight excluding hydrogens is 383 g/mol. The molecule has 4 nitrogen and oxygen atoms in total. The predicted molar refractivity (Wildman–Crippen MR) is 80.8 cm³/mol.